The van der Waals surface area contributed by atoms with Gasteiger partial charge in [0.05, 0.1) is 4.90 Å². The van der Waals surface area contributed by atoms with E-state index in [2.05, 4.69) is 10.2 Å². The Hall–Kier alpha value is -1.94. The van der Waals surface area contributed by atoms with Crippen molar-refractivity contribution in [1.29, 1.82) is 0 Å². The van der Waals surface area contributed by atoms with Gasteiger partial charge in [-0.05, 0) is 32.0 Å². The van der Waals surface area contributed by atoms with Crippen LogP contribution in [-0.2, 0) is 10.0 Å². The van der Waals surface area contributed by atoms with Gasteiger partial charge in [0.25, 0.3) is 0 Å². The third-order valence-corrected chi connectivity index (χ3v) is 4.98. The van der Waals surface area contributed by atoms with E-state index in [1.165, 1.54) is 38.1 Å². The molecule has 0 spiro atoms. The number of aromatic nitrogens is 2. The first-order valence-corrected chi connectivity index (χ1v) is 8.00. The van der Waals surface area contributed by atoms with Crippen molar-refractivity contribution in [3.05, 3.63) is 30.7 Å². The van der Waals surface area contributed by atoms with Gasteiger partial charge in [0, 0.05) is 11.6 Å². The van der Waals surface area contributed by atoms with Crippen molar-refractivity contribution in [1.82, 2.24) is 14.5 Å². The van der Waals surface area contributed by atoms with Crippen molar-refractivity contribution in [2.24, 2.45) is 0 Å². The molecule has 1 aromatic carbocycles. The number of rotatable bonds is 5. The molecule has 0 aliphatic heterocycles. The minimum atomic E-state index is -4.64. The van der Waals surface area contributed by atoms with E-state index in [1.54, 1.807) is 0 Å². The highest BCUT2D eigenvalue weighted by molar-refractivity contribution is 7.89. The molecular formula is C13H14F3N3O3S. The molecule has 0 saturated carbocycles. The van der Waals surface area contributed by atoms with E-state index in [0.717, 1.165) is 6.39 Å². The highest BCUT2D eigenvalue weighted by Crippen LogP contribution is 2.27. The summed E-state index contributed by atoms with van der Waals surface area (Å²) in [7, 11) is -4.32. The number of nitrogens with zero attached hydrogens (tertiary/aromatic N) is 3. The summed E-state index contributed by atoms with van der Waals surface area (Å²) in [6, 6.07) is 4.50. The van der Waals surface area contributed by atoms with E-state index < -0.39 is 28.8 Å². The Kier molecular flexibility index (Phi) is 4.76. The number of alkyl halides is 3. The van der Waals surface area contributed by atoms with Crippen molar-refractivity contribution < 1.29 is 26.0 Å². The third kappa shape index (κ3) is 4.08. The summed E-state index contributed by atoms with van der Waals surface area (Å²) < 4.78 is 68.5. The van der Waals surface area contributed by atoms with Crippen LogP contribution in [0.1, 0.15) is 13.8 Å². The molecule has 6 nitrogen and oxygen atoms in total. The molecule has 2 aromatic rings. The minimum absolute atomic E-state index is 0.0777. The van der Waals surface area contributed by atoms with Crippen LogP contribution in [0.3, 0.4) is 0 Å². The van der Waals surface area contributed by atoms with E-state index in [9.17, 15) is 21.6 Å². The van der Waals surface area contributed by atoms with E-state index in [4.69, 9.17) is 4.42 Å². The highest BCUT2D eigenvalue weighted by Gasteiger charge is 2.38. The van der Waals surface area contributed by atoms with Crippen LogP contribution in [-0.4, -0.2) is 41.7 Å². The highest BCUT2D eigenvalue weighted by atomic mass is 32.2. The molecule has 0 aliphatic carbocycles. The maximum absolute atomic E-state index is 12.7. The Balaban J connectivity index is 2.43. The maximum Gasteiger partial charge on any atom is 0.402 e. The topological polar surface area (TPSA) is 76.3 Å². The fourth-order valence-corrected chi connectivity index (χ4v) is 3.61. The number of halogens is 3. The summed E-state index contributed by atoms with van der Waals surface area (Å²) in [5, 5.41) is 7.12. The Labute approximate surface area is 131 Å². The van der Waals surface area contributed by atoms with Crippen LogP contribution >= 0.6 is 0 Å². The smallest absolute Gasteiger partial charge is 0.402 e. The molecule has 0 atom stereocenters. The number of sulfonamides is 1. The van der Waals surface area contributed by atoms with Gasteiger partial charge in [-0.2, -0.15) is 17.5 Å². The lowest BCUT2D eigenvalue weighted by Crippen LogP contribution is -2.43. The molecule has 0 saturated heterocycles. The molecule has 0 unspecified atom stereocenters. The molecule has 10 heteroatoms. The molecule has 126 valence electrons. The van der Waals surface area contributed by atoms with Crippen LogP contribution in [0.4, 0.5) is 13.2 Å². The van der Waals surface area contributed by atoms with Crippen molar-refractivity contribution in [2.45, 2.75) is 31.0 Å². The van der Waals surface area contributed by atoms with Crippen LogP contribution < -0.4 is 0 Å². The molecular weight excluding hydrogens is 335 g/mol. The molecule has 2 rings (SSSR count). The molecule has 0 fully saturated rings. The monoisotopic (exact) mass is 349 g/mol. The van der Waals surface area contributed by atoms with Gasteiger partial charge in [0.15, 0.2) is 0 Å². The predicted molar refractivity (Wildman–Crippen MR) is 74.8 cm³/mol. The first-order chi connectivity index (χ1) is 10.6. The second-order valence-corrected chi connectivity index (χ2v) is 6.92. The van der Waals surface area contributed by atoms with E-state index in [-0.39, 0.29) is 10.8 Å². The maximum atomic E-state index is 12.7. The van der Waals surface area contributed by atoms with Gasteiger partial charge in [-0.25, -0.2) is 8.42 Å². The fraction of sp³-hybridized carbons (Fsp3) is 0.385. The Bertz CT molecular complexity index is 758. The molecule has 1 aromatic heterocycles. The molecule has 1 heterocycles. The largest absolute Gasteiger partial charge is 0.423 e. The van der Waals surface area contributed by atoms with Gasteiger partial charge >= 0.3 is 6.18 Å². The van der Waals surface area contributed by atoms with Crippen LogP contribution in [0.25, 0.3) is 11.5 Å². The Morgan fingerprint density at radius 3 is 2.52 bits per heavy atom. The van der Waals surface area contributed by atoms with Gasteiger partial charge in [-0.3, -0.25) is 0 Å². The van der Waals surface area contributed by atoms with Gasteiger partial charge < -0.3 is 4.42 Å². The van der Waals surface area contributed by atoms with E-state index >= 15 is 0 Å². The van der Waals surface area contributed by atoms with Crippen LogP contribution in [0.5, 0.6) is 0 Å². The summed E-state index contributed by atoms with van der Waals surface area (Å²) in [4.78, 5) is -0.272. The fourth-order valence-electron chi connectivity index (χ4n) is 1.95. The summed E-state index contributed by atoms with van der Waals surface area (Å²) in [6.45, 7) is 1.20. The van der Waals surface area contributed by atoms with Crippen LogP contribution in [0, 0.1) is 0 Å². The van der Waals surface area contributed by atoms with Crippen LogP contribution in [0.15, 0.2) is 40.0 Å². The molecule has 0 aliphatic rings. The Morgan fingerprint density at radius 2 is 2.00 bits per heavy atom. The van der Waals surface area contributed by atoms with Gasteiger partial charge in [0.2, 0.25) is 22.3 Å². The first kappa shape index (κ1) is 17.4. The quantitative estimate of drug-likeness (QED) is 0.829. The van der Waals surface area contributed by atoms with Crippen molar-refractivity contribution in [3.8, 4) is 11.5 Å². The van der Waals surface area contributed by atoms with Crippen LogP contribution in [0.2, 0.25) is 0 Å². The minimum Gasteiger partial charge on any atom is -0.423 e. The summed E-state index contributed by atoms with van der Waals surface area (Å²) in [5.41, 5.74) is 0.305. The zero-order valence-corrected chi connectivity index (χ0v) is 13.1. The first-order valence-electron chi connectivity index (χ1n) is 6.56. The lowest BCUT2D eigenvalue weighted by molar-refractivity contribution is -0.138. The van der Waals surface area contributed by atoms with E-state index in [1.807, 2.05) is 0 Å². The molecule has 0 bridgehead atoms. The van der Waals surface area contributed by atoms with Crippen molar-refractivity contribution in [2.75, 3.05) is 6.54 Å². The summed E-state index contributed by atoms with van der Waals surface area (Å²) >= 11 is 0. The van der Waals surface area contributed by atoms with Gasteiger partial charge in [-0.15, -0.1) is 10.2 Å². The second kappa shape index (κ2) is 6.28. The third-order valence-electron chi connectivity index (χ3n) is 2.96. The molecule has 0 amide bonds. The van der Waals surface area contributed by atoms with Crippen molar-refractivity contribution in [3.63, 3.8) is 0 Å². The lowest BCUT2D eigenvalue weighted by atomic mass is 10.2. The summed E-state index contributed by atoms with van der Waals surface area (Å²) in [6.07, 6.45) is -3.57. The zero-order chi connectivity index (χ0) is 17.3. The number of hydrogen-bond acceptors (Lipinski definition) is 5. The standard InChI is InChI=1S/C13H14F3N3O3S/c1-9(2)19(7-13(14,15)16)23(20,21)11-5-3-4-10(6-11)12-18-17-8-22-12/h3-6,8-9H,7H2,1-2H3. The normalized spacial score (nSPS) is 13.0. The second-order valence-electron chi connectivity index (χ2n) is 5.03. The van der Waals surface area contributed by atoms with Gasteiger partial charge in [0.1, 0.15) is 6.54 Å². The van der Waals surface area contributed by atoms with Crippen molar-refractivity contribution >= 4 is 10.0 Å². The average molecular weight is 349 g/mol. The Morgan fingerprint density at radius 1 is 1.30 bits per heavy atom. The predicted octanol–water partition coefficient (Wildman–Crippen LogP) is 2.70. The summed E-state index contributed by atoms with van der Waals surface area (Å²) in [5.74, 6) is 0.0777. The number of benzene rings is 1. The SMILES string of the molecule is CC(C)N(CC(F)(F)F)S(=O)(=O)c1cccc(-c2nnco2)c1. The molecule has 0 radical (unpaired) electrons. The van der Waals surface area contributed by atoms with Gasteiger partial charge in [-0.1, -0.05) is 6.07 Å². The van der Waals surface area contributed by atoms with E-state index in [0.29, 0.717) is 9.87 Å². The molecule has 23 heavy (non-hydrogen) atoms. The average Bonchev–Trinajstić information content (AvgIpc) is 2.98. The zero-order valence-electron chi connectivity index (χ0n) is 12.3. The molecule has 0 N–H and O–H groups in total. The number of hydrogen-bond donors (Lipinski definition) is 0. The lowest BCUT2D eigenvalue weighted by Gasteiger charge is -2.26.